The number of hydrogen-bond donors (Lipinski definition) is 2. The van der Waals surface area contributed by atoms with Crippen LogP contribution in [0.5, 0.6) is 0 Å². The molecule has 0 spiro atoms. The predicted octanol–water partition coefficient (Wildman–Crippen LogP) is 3.62. The molecule has 2 aromatic heterocycles. The maximum atomic E-state index is 4.55. The summed E-state index contributed by atoms with van der Waals surface area (Å²) in [5.41, 5.74) is 1.32. The SMILES string of the molecule is CNc1cc(NCc2sccc2C)nc(C(C)C)n1. The molecule has 102 valence electrons. The van der Waals surface area contributed by atoms with Crippen LogP contribution in [0.3, 0.4) is 0 Å². The Balaban J connectivity index is 2.15. The average molecular weight is 276 g/mol. The molecule has 4 nitrogen and oxygen atoms in total. The minimum absolute atomic E-state index is 0.317. The van der Waals surface area contributed by atoms with Crippen molar-refractivity contribution in [1.29, 1.82) is 0 Å². The molecule has 0 aliphatic rings. The monoisotopic (exact) mass is 276 g/mol. The maximum Gasteiger partial charge on any atom is 0.135 e. The summed E-state index contributed by atoms with van der Waals surface area (Å²) in [6.45, 7) is 7.14. The maximum absolute atomic E-state index is 4.55. The molecule has 0 unspecified atom stereocenters. The number of anilines is 2. The molecule has 0 amide bonds. The van der Waals surface area contributed by atoms with Gasteiger partial charge in [-0.1, -0.05) is 13.8 Å². The van der Waals surface area contributed by atoms with Crippen LogP contribution >= 0.6 is 11.3 Å². The summed E-state index contributed by atoms with van der Waals surface area (Å²) in [6, 6.07) is 4.08. The lowest BCUT2D eigenvalue weighted by Gasteiger charge is -2.11. The first kappa shape index (κ1) is 13.8. The molecule has 0 radical (unpaired) electrons. The summed E-state index contributed by atoms with van der Waals surface area (Å²) in [7, 11) is 1.87. The van der Waals surface area contributed by atoms with Crippen molar-refractivity contribution in [3.63, 3.8) is 0 Å². The third kappa shape index (κ3) is 3.44. The van der Waals surface area contributed by atoms with E-state index in [0.29, 0.717) is 5.92 Å². The number of aromatic nitrogens is 2. The molecule has 0 saturated carbocycles. The molecule has 2 aromatic rings. The molecule has 2 heterocycles. The van der Waals surface area contributed by atoms with Gasteiger partial charge in [-0.3, -0.25) is 0 Å². The van der Waals surface area contributed by atoms with Crippen LogP contribution in [-0.2, 0) is 6.54 Å². The summed E-state index contributed by atoms with van der Waals surface area (Å²) in [5, 5.41) is 8.57. The van der Waals surface area contributed by atoms with E-state index >= 15 is 0 Å². The molecule has 0 saturated heterocycles. The second-order valence-corrected chi connectivity index (χ2v) is 5.78. The fraction of sp³-hybridized carbons (Fsp3) is 0.429. The highest BCUT2D eigenvalue weighted by atomic mass is 32.1. The first-order chi connectivity index (χ1) is 9.10. The summed E-state index contributed by atoms with van der Waals surface area (Å²) >= 11 is 1.77. The molecule has 2 N–H and O–H groups in total. The highest BCUT2D eigenvalue weighted by molar-refractivity contribution is 7.10. The van der Waals surface area contributed by atoms with Gasteiger partial charge in [0.25, 0.3) is 0 Å². The Morgan fingerprint density at radius 1 is 1.26 bits per heavy atom. The van der Waals surface area contributed by atoms with Gasteiger partial charge in [-0.15, -0.1) is 11.3 Å². The van der Waals surface area contributed by atoms with Crippen molar-refractivity contribution in [2.24, 2.45) is 0 Å². The fourth-order valence-electron chi connectivity index (χ4n) is 1.70. The minimum atomic E-state index is 0.317. The van der Waals surface area contributed by atoms with Crippen LogP contribution in [0.1, 0.15) is 36.0 Å². The van der Waals surface area contributed by atoms with Crippen LogP contribution in [0, 0.1) is 6.92 Å². The van der Waals surface area contributed by atoms with Crippen molar-refractivity contribution in [2.75, 3.05) is 17.7 Å². The second-order valence-electron chi connectivity index (χ2n) is 4.78. The average Bonchev–Trinajstić information content (AvgIpc) is 2.81. The Labute approximate surface area is 118 Å². The molecule has 0 aromatic carbocycles. The molecule has 5 heteroatoms. The van der Waals surface area contributed by atoms with Gasteiger partial charge >= 0.3 is 0 Å². The zero-order valence-corrected chi connectivity index (χ0v) is 12.6. The Morgan fingerprint density at radius 2 is 2.00 bits per heavy atom. The highest BCUT2D eigenvalue weighted by Crippen LogP contribution is 2.20. The summed E-state index contributed by atoms with van der Waals surface area (Å²) in [4.78, 5) is 10.3. The van der Waals surface area contributed by atoms with E-state index in [1.165, 1.54) is 10.4 Å². The van der Waals surface area contributed by atoms with E-state index in [-0.39, 0.29) is 0 Å². The lowest BCUT2D eigenvalue weighted by Crippen LogP contribution is -2.07. The van der Waals surface area contributed by atoms with Gasteiger partial charge in [0.15, 0.2) is 0 Å². The lowest BCUT2D eigenvalue weighted by atomic mass is 10.2. The molecule has 0 fully saturated rings. The van der Waals surface area contributed by atoms with Gasteiger partial charge in [0, 0.05) is 23.9 Å². The highest BCUT2D eigenvalue weighted by Gasteiger charge is 2.08. The van der Waals surface area contributed by atoms with Gasteiger partial charge in [0.2, 0.25) is 0 Å². The van der Waals surface area contributed by atoms with Crippen molar-refractivity contribution in [1.82, 2.24) is 9.97 Å². The number of rotatable bonds is 5. The molecule has 0 atom stereocenters. The van der Waals surface area contributed by atoms with Crippen molar-refractivity contribution in [3.8, 4) is 0 Å². The molecule has 2 rings (SSSR count). The summed E-state index contributed by atoms with van der Waals surface area (Å²) in [6.07, 6.45) is 0. The normalized spacial score (nSPS) is 10.8. The molecule has 0 aliphatic carbocycles. The first-order valence-corrected chi connectivity index (χ1v) is 7.31. The second kappa shape index (κ2) is 6.02. The van der Waals surface area contributed by atoms with E-state index < -0.39 is 0 Å². The fourth-order valence-corrected chi connectivity index (χ4v) is 2.54. The molecular formula is C14H20N4S. The Kier molecular flexibility index (Phi) is 4.37. The van der Waals surface area contributed by atoms with Crippen molar-refractivity contribution < 1.29 is 0 Å². The van der Waals surface area contributed by atoms with Crippen molar-refractivity contribution in [2.45, 2.75) is 33.2 Å². The van der Waals surface area contributed by atoms with Gasteiger partial charge < -0.3 is 10.6 Å². The number of nitrogens with one attached hydrogen (secondary N) is 2. The molecular weight excluding hydrogens is 256 g/mol. The zero-order valence-electron chi connectivity index (χ0n) is 11.8. The lowest BCUT2D eigenvalue weighted by molar-refractivity contribution is 0.776. The van der Waals surface area contributed by atoms with Crippen LogP contribution in [-0.4, -0.2) is 17.0 Å². The largest absolute Gasteiger partial charge is 0.373 e. The van der Waals surface area contributed by atoms with Gasteiger partial charge in [-0.2, -0.15) is 0 Å². The van der Waals surface area contributed by atoms with Gasteiger partial charge in [-0.25, -0.2) is 9.97 Å². The van der Waals surface area contributed by atoms with E-state index in [2.05, 4.69) is 52.8 Å². The topological polar surface area (TPSA) is 49.8 Å². The summed E-state index contributed by atoms with van der Waals surface area (Å²) < 4.78 is 0. The molecule has 0 bridgehead atoms. The van der Waals surface area contributed by atoms with Gasteiger partial charge in [0.05, 0.1) is 6.54 Å². The first-order valence-electron chi connectivity index (χ1n) is 6.43. The van der Waals surface area contributed by atoms with E-state index in [9.17, 15) is 0 Å². The van der Waals surface area contributed by atoms with Crippen molar-refractivity contribution >= 4 is 23.0 Å². The number of aryl methyl sites for hydroxylation is 1. The van der Waals surface area contributed by atoms with Crippen LogP contribution in [0.15, 0.2) is 17.5 Å². The third-order valence-corrected chi connectivity index (χ3v) is 3.94. The van der Waals surface area contributed by atoms with Crippen LogP contribution in [0.25, 0.3) is 0 Å². The smallest absolute Gasteiger partial charge is 0.135 e. The van der Waals surface area contributed by atoms with E-state index in [4.69, 9.17) is 0 Å². The van der Waals surface area contributed by atoms with Crippen LogP contribution in [0.4, 0.5) is 11.6 Å². The standard InChI is InChI=1S/C14H20N4S/c1-9(2)14-17-12(15-4)7-13(18-14)16-8-11-10(3)5-6-19-11/h5-7,9H,8H2,1-4H3,(H2,15,16,17,18). The van der Waals surface area contributed by atoms with Crippen LogP contribution in [0.2, 0.25) is 0 Å². The predicted molar refractivity (Wildman–Crippen MR) is 82.1 cm³/mol. The van der Waals surface area contributed by atoms with Gasteiger partial charge in [0.1, 0.15) is 17.5 Å². The Bertz CT molecular complexity index is 548. The molecule has 0 aliphatic heterocycles. The zero-order chi connectivity index (χ0) is 13.8. The number of hydrogen-bond acceptors (Lipinski definition) is 5. The van der Waals surface area contributed by atoms with Gasteiger partial charge in [-0.05, 0) is 23.9 Å². The van der Waals surface area contributed by atoms with E-state index in [0.717, 1.165) is 24.0 Å². The Hall–Kier alpha value is -1.62. The van der Waals surface area contributed by atoms with Crippen LogP contribution < -0.4 is 10.6 Å². The number of nitrogens with zero attached hydrogens (tertiary/aromatic N) is 2. The third-order valence-electron chi connectivity index (χ3n) is 2.91. The Morgan fingerprint density at radius 3 is 2.58 bits per heavy atom. The van der Waals surface area contributed by atoms with E-state index in [1.54, 1.807) is 11.3 Å². The summed E-state index contributed by atoms with van der Waals surface area (Å²) in [5.74, 6) is 2.90. The minimum Gasteiger partial charge on any atom is -0.373 e. The van der Waals surface area contributed by atoms with Crippen molar-refractivity contribution in [3.05, 3.63) is 33.8 Å². The number of thiophene rings is 1. The van der Waals surface area contributed by atoms with E-state index in [1.807, 2.05) is 13.1 Å². The quantitative estimate of drug-likeness (QED) is 0.875. The molecule has 19 heavy (non-hydrogen) atoms.